The van der Waals surface area contributed by atoms with E-state index in [1.165, 1.54) is 24.3 Å². The van der Waals surface area contributed by atoms with Crippen LogP contribution in [-0.4, -0.2) is 21.5 Å². The minimum atomic E-state index is -0.611. The van der Waals surface area contributed by atoms with Gasteiger partial charge in [-0.2, -0.15) is 0 Å². The standard InChI is InChI=1S/C21H14FN3O2S/c22-14-6-4-9-17(12-14)25-20(27)18(19(26)23-21(25)28)13-16-10-5-11-24(16)15-7-2-1-3-8-15/h1-13H,(H,23,26,28). The number of hydrogen-bond acceptors (Lipinski definition) is 3. The number of halogens is 1. The third-order valence-electron chi connectivity index (χ3n) is 4.27. The maximum Gasteiger partial charge on any atom is 0.270 e. The summed E-state index contributed by atoms with van der Waals surface area (Å²) in [7, 11) is 0. The molecule has 2 aromatic carbocycles. The summed E-state index contributed by atoms with van der Waals surface area (Å²) in [5.74, 6) is -1.71. The molecule has 138 valence electrons. The molecule has 5 nitrogen and oxygen atoms in total. The molecule has 0 aliphatic carbocycles. The van der Waals surface area contributed by atoms with Crippen molar-refractivity contribution in [3.8, 4) is 5.69 Å². The smallest absolute Gasteiger partial charge is 0.270 e. The Labute approximate surface area is 165 Å². The monoisotopic (exact) mass is 391 g/mol. The zero-order valence-electron chi connectivity index (χ0n) is 14.5. The second-order valence-corrected chi connectivity index (χ2v) is 6.46. The van der Waals surface area contributed by atoms with Crippen LogP contribution in [0.4, 0.5) is 10.1 Å². The fourth-order valence-electron chi connectivity index (χ4n) is 2.99. The topological polar surface area (TPSA) is 54.3 Å². The maximum atomic E-state index is 13.6. The maximum absolute atomic E-state index is 13.6. The van der Waals surface area contributed by atoms with Gasteiger partial charge in [0.05, 0.1) is 5.69 Å². The van der Waals surface area contributed by atoms with Crippen molar-refractivity contribution in [3.63, 3.8) is 0 Å². The highest BCUT2D eigenvalue weighted by Gasteiger charge is 2.34. The number of rotatable bonds is 3. The SMILES string of the molecule is O=C1NC(=S)N(c2cccc(F)c2)C(=O)C1=Cc1cccn1-c1ccccc1. The van der Waals surface area contributed by atoms with Crippen LogP contribution in [0.3, 0.4) is 0 Å². The fraction of sp³-hybridized carbons (Fsp3) is 0. The van der Waals surface area contributed by atoms with Crippen LogP contribution >= 0.6 is 12.2 Å². The van der Waals surface area contributed by atoms with Crippen LogP contribution in [0.5, 0.6) is 0 Å². The van der Waals surface area contributed by atoms with Gasteiger partial charge in [0.15, 0.2) is 5.11 Å². The van der Waals surface area contributed by atoms with Gasteiger partial charge in [-0.3, -0.25) is 19.8 Å². The third kappa shape index (κ3) is 3.23. The number of para-hydroxylation sites is 1. The fourth-order valence-corrected chi connectivity index (χ4v) is 3.27. The van der Waals surface area contributed by atoms with E-state index in [9.17, 15) is 14.0 Å². The zero-order chi connectivity index (χ0) is 19.7. The molecular weight excluding hydrogens is 377 g/mol. The molecule has 3 aromatic rings. The molecule has 1 N–H and O–H groups in total. The Morgan fingerprint density at radius 3 is 2.43 bits per heavy atom. The molecule has 0 atom stereocenters. The molecular formula is C21H14FN3O2S. The summed E-state index contributed by atoms with van der Waals surface area (Å²) in [5.41, 5.74) is 1.70. The molecule has 0 radical (unpaired) electrons. The number of amides is 2. The number of nitrogens with one attached hydrogen (secondary N) is 1. The second kappa shape index (κ2) is 7.21. The predicted molar refractivity (Wildman–Crippen MR) is 108 cm³/mol. The number of aromatic nitrogens is 1. The molecule has 4 rings (SSSR count). The summed E-state index contributed by atoms with van der Waals surface area (Å²) in [6.07, 6.45) is 3.33. The first-order chi connectivity index (χ1) is 13.5. The van der Waals surface area contributed by atoms with Gasteiger partial charge in [0.25, 0.3) is 11.8 Å². The Kier molecular flexibility index (Phi) is 4.58. The third-order valence-corrected chi connectivity index (χ3v) is 4.56. The van der Waals surface area contributed by atoms with Crippen molar-refractivity contribution in [1.82, 2.24) is 9.88 Å². The highest BCUT2D eigenvalue weighted by Crippen LogP contribution is 2.23. The first-order valence-corrected chi connectivity index (χ1v) is 8.85. The lowest BCUT2D eigenvalue weighted by Crippen LogP contribution is -2.54. The lowest BCUT2D eigenvalue weighted by atomic mass is 10.1. The van der Waals surface area contributed by atoms with Crippen LogP contribution in [0.1, 0.15) is 5.69 Å². The molecule has 1 aromatic heterocycles. The molecule has 2 heterocycles. The van der Waals surface area contributed by atoms with E-state index in [4.69, 9.17) is 12.2 Å². The Morgan fingerprint density at radius 1 is 0.929 bits per heavy atom. The Bertz CT molecular complexity index is 1120. The Hall–Kier alpha value is -3.58. The van der Waals surface area contributed by atoms with Crippen LogP contribution in [0, 0.1) is 5.82 Å². The van der Waals surface area contributed by atoms with Gasteiger partial charge >= 0.3 is 0 Å². The van der Waals surface area contributed by atoms with E-state index in [1.807, 2.05) is 47.2 Å². The molecule has 1 fully saturated rings. The summed E-state index contributed by atoms with van der Waals surface area (Å²) in [6.45, 7) is 0. The van der Waals surface area contributed by atoms with E-state index in [0.29, 0.717) is 5.69 Å². The quantitative estimate of drug-likeness (QED) is 0.423. The van der Waals surface area contributed by atoms with Gasteiger partial charge in [-0.05, 0) is 60.8 Å². The summed E-state index contributed by atoms with van der Waals surface area (Å²) in [4.78, 5) is 26.6. The van der Waals surface area contributed by atoms with E-state index in [1.54, 1.807) is 12.1 Å². The van der Waals surface area contributed by atoms with Crippen LogP contribution in [0.25, 0.3) is 11.8 Å². The van der Waals surface area contributed by atoms with E-state index in [0.717, 1.165) is 10.6 Å². The highest BCUT2D eigenvalue weighted by atomic mass is 32.1. The molecule has 28 heavy (non-hydrogen) atoms. The summed E-state index contributed by atoms with van der Waals surface area (Å²) < 4.78 is 15.5. The Morgan fingerprint density at radius 2 is 1.68 bits per heavy atom. The number of nitrogens with zero attached hydrogens (tertiary/aromatic N) is 2. The molecule has 0 bridgehead atoms. The van der Waals surface area contributed by atoms with Crippen molar-refractivity contribution >= 4 is 40.9 Å². The molecule has 1 aliphatic heterocycles. The number of anilines is 1. The van der Waals surface area contributed by atoms with Crippen molar-refractivity contribution in [1.29, 1.82) is 0 Å². The number of thiocarbonyl (C=S) groups is 1. The number of carbonyl (C=O) groups excluding carboxylic acids is 2. The first-order valence-electron chi connectivity index (χ1n) is 8.44. The van der Waals surface area contributed by atoms with Crippen molar-refractivity contribution in [2.75, 3.05) is 4.90 Å². The van der Waals surface area contributed by atoms with E-state index >= 15 is 0 Å². The normalized spacial score (nSPS) is 15.8. The number of hydrogen-bond donors (Lipinski definition) is 1. The number of carbonyl (C=O) groups is 2. The van der Waals surface area contributed by atoms with Gasteiger partial charge in [0.2, 0.25) is 0 Å². The van der Waals surface area contributed by atoms with Gasteiger partial charge in [0, 0.05) is 17.6 Å². The average Bonchev–Trinajstić information content (AvgIpc) is 3.14. The van der Waals surface area contributed by atoms with E-state index in [2.05, 4.69) is 5.32 Å². The number of benzene rings is 2. The van der Waals surface area contributed by atoms with Crippen molar-refractivity contribution < 1.29 is 14.0 Å². The van der Waals surface area contributed by atoms with Crippen LogP contribution in [-0.2, 0) is 9.59 Å². The Balaban J connectivity index is 1.76. The zero-order valence-corrected chi connectivity index (χ0v) is 15.3. The van der Waals surface area contributed by atoms with Gasteiger partial charge in [0.1, 0.15) is 11.4 Å². The van der Waals surface area contributed by atoms with Gasteiger partial charge < -0.3 is 4.57 Å². The molecule has 2 amide bonds. The largest absolute Gasteiger partial charge is 0.317 e. The van der Waals surface area contributed by atoms with E-state index in [-0.39, 0.29) is 16.4 Å². The predicted octanol–water partition coefficient (Wildman–Crippen LogP) is 3.45. The van der Waals surface area contributed by atoms with E-state index < -0.39 is 17.6 Å². The molecule has 1 aliphatic rings. The van der Waals surface area contributed by atoms with Crippen LogP contribution < -0.4 is 10.2 Å². The molecule has 0 saturated carbocycles. The molecule has 1 saturated heterocycles. The molecule has 0 unspecified atom stereocenters. The van der Waals surface area contributed by atoms with Crippen molar-refractivity contribution in [2.24, 2.45) is 0 Å². The van der Waals surface area contributed by atoms with Gasteiger partial charge in [-0.1, -0.05) is 24.3 Å². The van der Waals surface area contributed by atoms with Gasteiger partial charge in [-0.15, -0.1) is 0 Å². The minimum Gasteiger partial charge on any atom is -0.317 e. The van der Waals surface area contributed by atoms with Crippen molar-refractivity contribution in [3.05, 3.63) is 90.0 Å². The average molecular weight is 391 g/mol. The highest BCUT2D eigenvalue weighted by molar-refractivity contribution is 7.80. The molecule has 7 heteroatoms. The summed E-state index contributed by atoms with van der Waals surface area (Å²) in [5, 5.41) is 2.41. The lowest BCUT2D eigenvalue weighted by Gasteiger charge is -2.29. The second-order valence-electron chi connectivity index (χ2n) is 6.08. The summed E-state index contributed by atoms with van der Waals surface area (Å²) >= 11 is 5.13. The van der Waals surface area contributed by atoms with Crippen LogP contribution in [0.15, 0.2) is 78.5 Å². The van der Waals surface area contributed by atoms with Gasteiger partial charge in [-0.25, -0.2) is 4.39 Å². The van der Waals surface area contributed by atoms with Crippen molar-refractivity contribution in [2.45, 2.75) is 0 Å². The summed E-state index contributed by atoms with van der Waals surface area (Å²) in [6, 6.07) is 18.6. The minimum absolute atomic E-state index is 0.0869. The molecule has 0 spiro atoms. The lowest BCUT2D eigenvalue weighted by molar-refractivity contribution is -0.122. The van der Waals surface area contributed by atoms with Crippen LogP contribution in [0.2, 0.25) is 0 Å². The first kappa shape index (κ1) is 17.8.